The maximum atomic E-state index is 11.9. The lowest BCUT2D eigenvalue weighted by Crippen LogP contribution is -2.41. The molecule has 3 nitrogen and oxygen atoms in total. The van der Waals surface area contributed by atoms with Crippen LogP contribution in [0.4, 0.5) is 4.79 Å². The fourth-order valence-electron chi connectivity index (χ4n) is 3.98. The molecule has 0 aromatic carbocycles. The first-order valence-corrected chi connectivity index (χ1v) is 10.1. The fraction of sp³-hybridized carbons (Fsp3) is 0.905. The van der Waals surface area contributed by atoms with Gasteiger partial charge in [0.2, 0.25) is 0 Å². The summed E-state index contributed by atoms with van der Waals surface area (Å²) in [6.45, 7) is 10.4. The molecule has 141 valence electrons. The molecule has 0 spiro atoms. The molecule has 1 saturated carbocycles. The number of unbranched alkanes of at least 4 members (excludes halogenated alkanes) is 7. The Morgan fingerprint density at radius 3 is 2.25 bits per heavy atom. The maximum Gasteiger partial charge on any atom is 0.407 e. The summed E-state index contributed by atoms with van der Waals surface area (Å²) in [6.07, 6.45) is 15.6. The van der Waals surface area contributed by atoms with E-state index in [0.717, 1.165) is 19.3 Å². The first-order valence-electron chi connectivity index (χ1n) is 10.1. The summed E-state index contributed by atoms with van der Waals surface area (Å²) in [5, 5.41) is 2.97. The van der Waals surface area contributed by atoms with Gasteiger partial charge in [-0.25, -0.2) is 4.79 Å². The number of hydrogen-bond acceptors (Lipinski definition) is 2. The molecule has 1 N–H and O–H groups in total. The predicted octanol–water partition coefficient (Wildman–Crippen LogP) is 6.27. The third-order valence-corrected chi connectivity index (χ3v) is 5.13. The molecule has 1 aliphatic carbocycles. The van der Waals surface area contributed by atoms with Crippen LogP contribution in [0.1, 0.15) is 98.3 Å². The molecule has 1 unspecified atom stereocenters. The van der Waals surface area contributed by atoms with Gasteiger partial charge in [0.15, 0.2) is 0 Å². The van der Waals surface area contributed by atoms with E-state index in [1.165, 1.54) is 51.4 Å². The highest BCUT2D eigenvalue weighted by Gasteiger charge is 2.36. The molecule has 0 bridgehead atoms. The summed E-state index contributed by atoms with van der Waals surface area (Å²) in [7, 11) is 0. The summed E-state index contributed by atoms with van der Waals surface area (Å²) in [4.78, 5) is 11.9. The van der Waals surface area contributed by atoms with E-state index in [4.69, 9.17) is 4.74 Å². The number of carbonyl (C=O) groups excluding carboxylic acids is 1. The molecule has 0 saturated heterocycles. The number of rotatable bonds is 11. The molecular formula is C21H40NO2. The molecule has 1 radical (unpaired) electrons. The lowest BCUT2D eigenvalue weighted by molar-refractivity contribution is 0.112. The number of alkyl carbamates (subject to hydrolysis) is 1. The number of hydrogen-bond donors (Lipinski definition) is 1. The highest BCUT2D eigenvalue weighted by Crippen LogP contribution is 2.45. The zero-order chi connectivity index (χ0) is 17.9. The highest BCUT2D eigenvalue weighted by atomic mass is 16.5. The molecule has 1 aliphatic rings. The Morgan fingerprint density at radius 2 is 1.62 bits per heavy atom. The second-order valence-corrected chi connectivity index (χ2v) is 8.81. The molecule has 1 fully saturated rings. The van der Waals surface area contributed by atoms with Gasteiger partial charge in [-0.2, -0.15) is 0 Å². The van der Waals surface area contributed by atoms with Crippen LogP contribution in [0.3, 0.4) is 0 Å². The monoisotopic (exact) mass is 338 g/mol. The van der Waals surface area contributed by atoms with Gasteiger partial charge >= 0.3 is 6.09 Å². The zero-order valence-corrected chi connectivity index (χ0v) is 16.6. The molecule has 1 rings (SSSR count). The van der Waals surface area contributed by atoms with Crippen molar-refractivity contribution in [2.24, 2.45) is 10.8 Å². The molecule has 1 amide bonds. The van der Waals surface area contributed by atoms with Crippen LogP contribution in [0.2, 0.25) is 0 Å². The van der Waals surface area contributed by atoms with E-state index in [9.17, 15) is 4.79 Å². The van der Waals surface area contributed by atoms with E-state index in [1.807, 2.05) is 0 Å². The van der Waals surface area contributed by atoms with Gasteiger partial charge < -0.3 is 10.1 Å². The van der Waals surface area contributed by atoms with Crippen molar-refractivity contribution in [3.05, 3.63) is 6.42 Å². The highest BCUT2D eigenvalue weighted by molar-refractivity contribution is 5.67. The summed E-state index contributed by atoms with van der Waals surface area (Å²) in [5.74, 6) is 0. The normalized spacial score (nSPS) is 23.0. The van der Waals surface area contributed by atoms with Crippen LogP contribution >= 0.6 is 0 Å². The number of carbonyl (C=O) groups is 1. The van der Waals surface area contributed by atoms with E-state index < -0.39 is 0 Å². The number of amides is 1. The van der Waals surface area contributed by atoms with Crippen LogP contribution < -0.4 is 5.32 Å². The first kappa shape index (κ1) is 21.3. The molecule has 0 aliphatic heterocycles. The first-order chi connectivity index (χ1) is 11.4. The number of ether oxygens (including phenoxy) is 1. The van der Waals surface area contributed by atoms with E-state index in [2.05, 4.69) is 39.4 Å². The van der Waals surface area contributed by atoms with Gasteiger partial charge in [-0.15, -0.1) is 0 Å². The van der Waals surface area contributed by atoms with Crippen molar-refractivity contribution in [3.8, 4) is 0 Å². The van der Waals surface area contributed by atoms with Crippen molar-refractivity contribution in [1.82, 2.24) is 5.32 Å². The predicted molar refractivity (Wildman–Crippen MR) is 102 cm³/mol. The molecule has 24 heavy (non-hydrogen) atoms. The van der Waals surface area contributed by atoms with E-state index >= 15 is 0 Å². The van der Waals surface area contributed by atoms with Gasteiger partial charge in [0.1, 0.15) is 0 Å². The summed E-state index contributed by atoms with van der Waals surface area (Å²) in [6, 6.07) is 0. The minimum Gasteiger partial charge on any atom is -0.450 e. The van der Waals surface area contributed by atoms with Gasteiger partial charge in [-0.3, -0.25) is 0 Å². The van der Waals surface area contributed by atoms with Crippen LogP contribution in [-0.4, -0.2) is 19.2 Å². The smallest absolute Gasteiger partial charge is 0.407 e. The lowest BCUT2D eigenvalue weighted by Gasteiger charge is -2.42. The Kier molecular flexibility index (Phi) is 9.76. The van der Waals surface area contributed by atoms with E-state index in [0.29, 0.717) is 18.6 Å². The molecule has 0 aromatic heterocycles. The van der Waals surface area contributed by atoms with E-state index in [-0.39, 0.29) is 11.5 Å². The average Bonchev–Trinajstić information content (AvgIpc) is 2.50. The minimum atomic E-state index is -0.248. The average molecular weight is 339 g/mol. The summed E-state index contributed by atoms with van der Waals surface area (Å²) in [5.41, 5.74) is 0.509. The van der Waals surface area contributed by atoms with Crippen molar-refractivity contribution in [2.45, 2.75) is 98.3 Å². The summed E-state index contributed by atoms with van der Waals surface area (Å²) < 4.78 is 5.31. The Hall–Kier alpha value is -0.730. The Bertz CT molecular complexity index is 354. The van der Waals surface area contributed by atoms with E-state index in [1.54, 1.807) is 0 Å². The van der Waals surface area contributed by atoms with Crippen molar-refractivity contribution >= 4 is 6.09 Å². The fourth-order valence-corrected chi connectivity index (χ4v) is 3.98. The van der Waals surface area contributed by atoms with Crippen LogP contribution in [0.25, 0.3) is 0 Å². The van der Waals surface area contributed by atoms with Crippen molar-refractivity contribution in [2.75, 3.05) is 13.2 Å². The Balaban J connectivity index is 2.02. The van der Waals surface area contributed by atoms with Crippen LogP contribution in [-0.2, 0) is 4.74 Å². The van der Waals surface area contributed by atoms with Gasteiger partial charge in [-0.1, -0.05) is 72.6 Å². The van der Waals surface area contributed by atoms with Crippen LogP contribution in [0.15, 0.2) is 0 Å². The maximum absolute atomic E-state index is 11.9. The summed E-state index contributed by atoms with van der Waals surface area (Å²) >= 11 is 0. The molecule has 0 heterocycles. The van der Waals surface area contributed by atoms with Crippen LogP contribution in [0.5, 0.6) is 0 Å². The Morgan fingerprint density at radius 1 is 1.00 bits per heavy atom. The van der Waals surface area contributed by atoms with Gasteiger partial charge in [0.25, 0.3) is 0 Å². The van der Waals surface area contributed by atoms with Crippen LogP contribution in [0, 0.1) is 17.3 Å². The third-order valence-electron chi connectivity index (χ3n) is 5.13. The quantitative estimate of drug-likeness (QED) is 0.451. The Labute approximate surface area is 150 Å². The third kappa shape index (κ3) is 9.54. The molecule has 0 aromatic rings. The number of nitrogens with one attached hydrogen (secondary N) is 1. The largest absolute Gasteiger partial charge is 0.450 e. The lowest BCUT2D eigenvalue weighted by atomic mass is 9.64. The standard InChI is InChI=1S/C21H40NO2/c1-5-6-7-8-9-10-11-12-16-24-19(23)22-18-21(4)15-13-14-20(2,3)17-21/h13H,5-12,14-18H2,1-4H3,(H,22,23). The molecule has 3 heteroatoms. The van der Waals surface area contributed by atoms with Crippen molar-refractivity contribution in [3.63, 3.8) is 0 Å². The van der Waals surface area contributed by atoms with Gasteiger partial charge in [0.05, 0.1) is 6.61 Å². The SMILES string of the molecule is CCCCCCCCCCOC(=O)NCC1(C)C[CH]CC(C)(C)C1. The second kappa shape index (κ2) is 11.0. The van der Waals surface area contributed by atoms with Gasteiger partial charge in [-0.05, 0) is 42.9 Å². The zero-order valence-electron chi connectivity index (χ0n) is 16.6. The minimum absolute atomic E-state index is 0.166. The van der Waals surface area contributed by atoms with Crippen molar-refractivity contribution in [1.29, 1.82) is 0 Å². The topological polar surface area (TPSA) is 38.3 Å². The molecule has 1 atom stereocenters. The van der Waals surface area contributed by atoms with Crippen molar-refractivity contribution < 1.29 is 9.53 Å². The molecular weight excluding hydrogens is 298 g/mol. The van der Waals surface area contributed by atoms with Gasteiger partial charge in [0, 0.05) is 6.54 Å². The second-order valence-electron chi connectivity index (χ2n) is 8.81.